The Morgan fingerprint density at radius 2 is 1.82 bits per heavy atom. The lowest BCUT2D eigenvalue weighted by Crippen LogP contribution is -2.48. The zero-order chi connectivity index (χ0) is 22.8. The maximum absolute atomic E-state index is 13.4. The quantitative estimate of drug-likeness (QED) is 0.424. The highest BCUT2D eigenvalue weighted by Crippen LogP contribution is 2.26. The van der Waals surface area contributed by atoms with Gasteiger partial charge in [-0.25, -0.2) is 4.98 Å². The van der Waals surface area contributed by atoms with Crippen LogP contribution < -0.4 is 9.80 Å². The molecule has 1 aromatic carbocycles. The molecule has 4 heterocycles. The zero-order valence-corrected chi connectivity index (χ0v) is 20.0. The van der Waals surface area contributed by atoms with Gasteiger partial charge < -0.3 is 14.7 Å². The van der Waals surface area contributed by atoms with Gasteiger partial charge in [0.2, 0.25) is 0 Å². The average Bonchev–Trinajstić information content (AvgIpc) is 3.51. The SMILES string of the molecule is CCc1nc2ccc(C(=O)N3CCN(c4ccccc4)CC3)cn2c1N(C)Cc1cccs1. The van der Waals surface area contributed by atoms with E-state index in [0.717, 1.165) is 56.3 Å². The Hall–Kier alpha value is -3.32. The zero-order valence-electron chi connectivity index (χ0n) is 19.1. The minimum absolute atomic E-state index is 0.0863. The second kappa shape index (κ2) is 9.27. The van der Waals surface area contributed by atoms with E-state index in [1.807, 2.05) is 29.3 Å². The molecular formula is C26H29N5OS. The molecule has 1 amide bonds. The van der Waals surface area contributed by atoms with Gasteiger partial charge in [0, 0.05) is 50.0 Å². The molecule has 1 fully saturated rings. The minimum atomic E-state index is 0.0863. The average molecular weight is 460 g/mol. The van der Waals surface area contributed by atoms with Crippen LogP contribution in [0.25, 0.3) is 5.65 Å². The standard InChI is InChI=1S/C26H29N5OS/c1-3-23-25(28(2)19-22-10-7-17-33-22)31-18-20(11-12-24(31)27-23)26(32)30-15-13-29(14-16-30)21-8-5-4-6-9-21/h4-12,17-18H,3,13-16,19H2,1-2H3. The molecule has 0 aliphatic carbocycles. The number of benzene rings is 1. The van der Waals surface area contributed by atoms with Crippen LogP contribution in [0.3, 0.4) is 0 Å². The molecule has 3 aromatic heterocycles. The number of aryl methyl sites for hydroxylation is 1. The van der Waals surface area contributed by atoms with E-state index in [1.165, 1.54) is 10.6 Å². The molecule has 0 unspecified atom stereocenters. The number of hydrogen-bond acceptors (Lipinski definition) is 5. The lowest BCUT2D eigenvalue weighted by molar-refractivity contribution is 0.0746. The number of piperazine rings is 1. The van der Waals surface area contributed by atoms with Crippen molar-refractivity contribution in [3.63, 3.8) is 0 Å². The number of thiophene rings is 1. The molecule has 0 N–H and O–H groups in total. The fourth-order valence-electron chi connectivity index (χ4n) is 4.55. The lowest BCUT2D eigenvalue weighted by atomic mass is 10.2. The van der Waals surface area contributed by atoms with Crippen LogP contribution in [0.5, 0.6) is 0 Å². The summed E-state index contributed by atoms with van der Waals surface area (Å²) in [7, 11) is 2.10. The maximum Gasteiger partial charge on any atom is 0.255 e. The minimum Gasteiger partial charge on any atom is -0.368 e. The number of carbonyl (C=O) groups is 1. The Morgan fingerprint density at radius 1 is 1.03 bits per heavy atom. The Morgan fingerprint density at radius 3 is 2.52 bits per heavy atom. The molecule has 0 radical (unpaired) electrons. The van der Waals surface area contributed by atoms with Crippen molar-refractivity contribution in [1.82, 2.24) is 14.3 Å². The van der Waals surface area contributed by atoms with E-state index >= 15 is 0 Å². The number of aromatic nitrogens is 2. The summed E-state index contributed by atoms with van der Waals surface area (Å²) in [6, 6.07) is 18.5. The Labute approximate surface area is 198 Å². The van der Waals surface area contributed by atoms with Crippen LogP contribution >= 0.6 is 11.3 Å². The summed E-state index contributed by atoms with van der Waals surface area (Å²) in [4.78, 5) is 26.0. The predicted octanol–water partition coefficient (Wildman–Crippen LogP) is 4.56. The third-order valence-corrected chi connectivity index (χ3v) is 7.13. The number of imidazole rings is 1. The molecule has 6 nitrogen and oxygen atoms in total. The van der Waals surface area contributed by atoms with Crippen LogP contribution in [0.4, 0.5) is 11.5 Å². The highest BCUT2D eigenvalue weighted by molar-refractivity contribution is 7.09. The smallest absolute Gasteiger partial charge is 0.255 e. The number of hydrogen-bond donors (Lipinski definition) is 0. The predicted molar refractivity (Wildman–Crippen MR) is 136 cm³/mol. The molecule has 170 valence electrons. The first-order chi connectivity index (χ1) is 16.1. The topological polar surface area (TPSA) is 44.1 Å². The number of anilines is 2. The first-order valence-corrected chi connectivity index (χ1v) is 12.4. The van der Waals surface area contributed by atoms with Crippen LogP contribution in [0.15, 0.2) is 66.2 Å². The van der Waals surface area contributed by atoms with Crippen LogP contribution in [0.2, 0.25) is 0 Å². The summed E-state index contributed by atoms with van der Waals surface area (Å²) in [5, 5.41) is 2.10. The molecule has 5 rings (SSSR count). The van der Waals surface area contributed by atoms with Crippen LogP contribution in [-0.4, -0.2) is 53.4 Å². The largest absolute Gasteiger partial charge is 0.368 e. The van der Waals surface area contributed by atoms with Crippen molar-refractivity contribution in [2.45, 2.75) is 19.9 Å². The van der Waals surface area contributed by atoms with Crippen molar-refractivity contribution in [3.05, 3.63) is 82.3 Å². The normalized spacial score (nSPS) is 14.1. The summed E-state index contributed by atoms with van der Waals surface area (Å²) in [5.41, 5.74) is 3.86. The Kier molecular flexibility index (Phi) is 6.05. The van der Waals surface area contributed by atoms with Gasteiger partial charge in [-0.2, -0.15) is 0 Å². The van der Waals surface area contributed by atoms with E-state index in [2.05, 4.69) is 70.0 Å². The highest BCUT2D eigenvalue weighted by atomic mass is 32.1. The molecule has 0 spiro atoms. The second-order valence-corrected chi connectivity index (χ2v) is 9.46. The van der Waals surface area contributed by atoms with Crippen LogP contribution in [-0.2, 0) is 13.0 Å². The number of pyridine rings is 1. The number of rotatable bonds is 6. The summed E-state index contributed by atoms with van der Waals surface area (Å²) in [6.07, 6.45) is 2.81. The van der Waals surface area contributed by atoms with Gasteiger partial charge in [0.1, 0.15) is 11.5 Å². The Balaban J connectivity index is 1.37. The van der Waals surface area contributed by atoms with Gasteiger partial charge >= 0.3 is 0 Å². The lowest BCUT2D eigenvalue weighted by Gasteiger charge is -2.36. The molecule has 0 bridgehead atoms. The van der Waals surface area contributed by atoms with Gasteiger partial charge in [-0.05, 0) is 42.1 Å². The van der Waals surface area contributed by atoms with Gasteiger partial charge in [0.15, 0.2) is 0 Å². The molecule has 4 aromatic rings. The maximum atomic E-state index is 13.4. The fraction of sp³-hybridized carbons (Fsp3) is 0.308. The van der Waals surface area contributed by atoms with Crippen molar-refractivity contribution >= 4 is 34.4 Å². The van der Waals surface area contributed by atoms with E-state index in [9.17, 15) is 4.79 Å². The number of carbonyl (C=O) groups excluding carboxylic acids is 1. The van der Waals surface area contributed by atoms with E-state index in [1.54, 1.807) is 11.3 Å². The van der Waals surface area contributed by atoms with Crippen molar-refractivity contribution in [1.29, 1.82) is 0 Å². The highest BCUT2D eigenvalue weighted by Gasteiger charge is 2.24. The van der Waals surface area contributed by atoms with E-state index in [-0.39, 0.29) is 5.91 Å². The molecule has 1 aliphatic heterocycles. The number of amides is 1. The van der Waals surface area contributed by atoms with Gasteiger partial charge in [-0.1, -0.05) is 31.2 Å². The second-order valence-electron chi connectivity index (χ2n) is 8.43. The number of fused-ring (bicyclic) bond motifs is 1. The van der Waals surface area contributed by atoms with Gasteiger partial charge in [-0.3, -0.25) is 9.20 Å². The van der Waals surface area contributed by atoms with Crippen LogP contribution in [0, 0.1) is 0 Å². The van der Waals surface area contributed by atoms with Gasteiger partial charge in [-0.15, -0.1) is 11.3 Å². The number of nitrogens with zero attached hydrogens (tertiary/aromatic N) is 5. The summed E-state index contributed by atoms with van der Waals surface area (Å²) in [6.45, 7) is 6.08. The number of para-hydroxylation sites is 1. The Bertz CT molecular complexity index is 1230. The van der Waals surface area contributed by atoms with Gasteiger partial charge in [0.05, 0.1) is 17.8 Å². The summed E-state index contributed by atoms with van der Waals surface area (Å²) < 4.78 is 2.08. The van der Waals surface area contributed by atoms with Crippen molar-refractivity contribution in [2.24, 2.45) is 0 Å². The molecular weight excluding hydrogens is 430 g/mol. The van der Waals surface area contributed by atoms with E-state index in [0.29, 0.717) is 5.56 Å². The van der Waals surface area contributed by atoms with Gasteiger partial charge in [0.25, 0.3) is 5.91 Å². The third-order valence-electron chi connectivity index (χ3n) is 6.27. The van der Waals surface area contributed by atoms with E-state index in [4.69, 9.17) is 4.98 Å². The summed E-state index contributed by atoms with van der Waals surface area (Å²) >= 11 is 1.76. The van der Waals surface area contributed by atoms with Crippen molar-refractivity contribution < 1.29 is 4.79 Å². The third kappa shape index (κ3) is 4.33. The molecule has 33 heavy (non-hydrogen) atoms. The first-order valence-electron chi connectivity index (χ1n) is 11.5. The molecule has 0 atom stereocenters. The molecule has 7 heteroatoms. The molecule has 1 saturated heterocycles. The van der Waals surface area contributed by atoms with Crippen molar-refractivity contribution in [2.75, 3.05) is 43.0 Å². The van der Waals surface area contributed by atoms with E-state index < -0.39 is 0 Å². The molecule has 0 saturated carbocycles. The first kappa shape index (κ1) is 21.5. The monoisotopic (exact) mass is 459 g/mol. The van der Waals surface area contributed by atoms with Crippen molar-refractivity contribution in [3.8, 4) is 0 Å². The molecule has 1 aliphatic rings. The summed E-state index contributed by atoms with van der Waals surface area (Å²) in [5.74, 6) is 1.15. The van der Waals surface area contributed by atoms with Crippen LogP contribution in [0.1, 0.15) is 27.9 Å². The fourth-order valence-corrected chi connectivity index (χ4v) is 5.31.